The molecular weight excluding hydrogens is 414 g/mol. The minimum absolute atomic E-state index is 0.0282. The van der Waals surface area contributed by atoms with Crippen LogP contribution in [0.3, 0.4) is 0 Å². The van der Waals surface area contributed by atoms with E-state index in [-0.39, 0.29) is 11.7 Å². The van der Waals surface area contributed by atoms with Gasteiger partial charge >= 0.3 is 0 Å². The van der Waals surface area contributed by atoms with E-state index >= 15 is 0 Å². The van der Waals surface area contributed by atoms with Crippen LogP contribution in [0.25, 0.3) is 11.1 Å². The predicted octanol–water partition coefficient (Wildman–Crippen LogP) is 4.54. The summed E-state index contributed by atoms with van der Waals surface area (Å²) in [5.74, 6) is -1.60. The third kappa shape index (κ3) is 3.59. The van der Waals surface area contributed by atoms with Gasteiger partial charge in [-0.1, -0.05) is 35.9 Å². The molecule has 3 aliphatic rings. The summed E-state index contributed by atoms with van der Waals surface area (Å²) in [6.07, 6.45) is 3.23. The van der Waals surface area contributed by atoms with Crippen molar-refractivity contribution in [3.05, 3.63) is 58.6 Å². The van der Waals surface area contributed by atoms with Crippen molar-refractivity contribution in [2.24, 2.45) is 0 Å². The van der Waals surface area contributed by atoms with Crippen LogP contribution in [0.4, 0.5) is 0 Å². The maximum absolute atomic E-state index is 13.6. The van der Waals surface area contributed by atoms with Crippen molar-refractivity contribution in [3.63, 3.8) is 0 Å². The quantitative estimate of drug-likeness (QED) is 0.697. The molecule has 162 valence electrons. The summed E-state index contributed by atoms with van der Waals surface area (Å²) in [6, 6.07) is 13.5. The van der Waals surface area contributed by atoms with E-state index < -0.39 is 17.2 Å². The molecule has 0 bridgehead atoms. The highest BCUT2D eigenvalue weighted by molar-refractivity contribution is 6.30. The Kier molecular flexibility index (Phi) is 5.16. The molecule has 2 aromatic carbocycles. The number of Topliss-reactive ketones (excluding diaryl/α,β-unsaturated/α-hetero) is 1. The van der Waals surface area contributed by atoms with Crippen LogP contribution in [-0.4, -0.2) is 36.2 Å². The van der Waals surface area contributed by atoms with Gasteiger partial charge in [-0.2, -0.15) is 0 Å². The lowest BCUT2D eigenvalue weighted by molar-refractivity contribution is -0.283. The van der Waals surface area contributed by atoms with Gasteiger partial charge in [0.1, 0.15) is 11.5 Å². The van der Waals surface area contributed by atoms with Crippen molar-refractivity contribution in [2.75, 3.05) is 13.2 Å². The number of ether oxygens (including phenoxy) is 2. The summed E-state index contributed by atoms with van der Waals surface area (Å²) in [7, 11) is 0. The number of aryl methyl sites for hydroxylation is 1. The number of nitrogens with one attached hydrogen (secondary N) is 1. The number of hydrogen-bond donors (Lipinski definition) is 1. The molecule has 2 aromatic rings. The second kappa shape index (κ2) is 7.73. The zero-order chi connectivity index (χ0) is 21.6. The molecule has 1 N–H and O–H groups in total. The number of halogens is 1. The van der Waals surface area contributed by atoms with E-state index in [1.165, 1.54) is 0 Å². The first-order valence-corrected chi connectivity index (χ1v) is 11.3. The van der Waals surface area contributed by atoms with Gasteiger partial charge in [-0.05, 0) is 66.6 Å². The van der Waals surface area contributed by atoms with Gasteiger partial charge in [-0.15, -0.1) is 0 Å². The van der Waals surface area contributed by atoms with Crippen LogP contribution in [0.1, 0.15) is 49.1 Å². The average Bonchev–Trinajstić information content (AvgIpc) is 3.02. The molecule has 6 heteroatoms. The van der Waals surface area contributed by atoms with Crippen molar-refractivity contribution >= 4 is 23.3 Å². The molecule has 5 nitrogen and oxygen atoms in total. The third-order valence-corrected chi connectivity index (χ3v) is 7.26. The van der Waals surface area contributed by atoms with Crippen LogP contribution < -0.4 is 5.32 Å². The summed E-state index contributed by atoms with van der Waals surface area (Å²) in [6.45, 7) is 3.32. The third-order valence-electron chi connectivity index (χ3n) is 7.01. The van der Waals surface area contributed by atoms with Crippen LogP contribution in [0.5, 0.6) is 0 Å². The summed E-state index contributed by atoms with van der Waals surface area (Å²) in [4.78, 5) is 26.7. The Bertz CT molecular complexity index is 1020. The smallest absolute Gasteiger partial charge is 0.235 e. The van der Waals surface area contributed by atoms with E-state index in [1.54, 1.807) is 0 Å². The van der Waals surface area contributed by atoms with E-state index in [4.69, 9.17) is 21.1 Å². The maximum atomic E-state index is 13.6. The van der Waals surface area contributed by atoms with Crippen molar-refractivity contribution < 1.29 is 19.1 Å². The van der Waals surface area contributed by atoms with Gasteiger partial charge in [0, 0.05) is 17.9 Å². The second-order valence-electron chi connectivity index (χ2n) is 8.91. The summed E-state index contributed by atoms with van der Waals surface area (Å²) in [5.41, 5.74) is 2.86. The second-order valence-corrected chi connectivity index (χ2v) is 9.34. The number of hydrogen-bond acceptors (Lipinski definition) is 4. The van der Waals surface area contributed by atoms with Crippen molar-refractivity contribution in [2.45, 2.75) is 56.3 Å². The fourth-order valence-electron chi connectivity index (χ4n) is 5.16. The molecule has 5 rings (SSSR count). The predicted molar refractivity (Wildman–Crippen MR) is 118 cm³/mol. The van der Waals surface area contributed by atoms with Crippen LogP contribution >= 0.6 is 11.6 Å². The van der Waals surface area contributed by atoms with Crippen LogP contribution in [0.2, 0.25) is 5.02 Å². The number of benzene rings is 2. The van der Waals surface area contributed by atoms with Gasteiger partial charge in [0.2, 0.25) is 5.91 Å². The lowest BCUT2D eigenvalue weighted by atomic mass is 9.74. The molecule has 1 aliphatic carbocycles. The topological polar surface area (TPSA) is 64.6 Å². The molecule has 1 atom stereocenters. The highest BCUT2D eigenvalue weighted by Crippen LogP contribution is 2.45. The van der Waals surface area contributed by atoms with Crippen molar-refractivity contribution in [1.82, 2.24) is 5.32 Å². The zero-order valence-electron chi connectivity index (χ0n) is 17.6. The fourth-order valence-corrected chi connectivity index (χ4v) is 5.28. The van der Waals surface area contributed by atoms with E-state index in [0.717, 1.165) is 28.7 Å². The van der Waals surface area contributed by atoms with Gasteiger partial charge in [0.05, 0.1) is 13.2 Å². The number of ketones is 1. The van der Waals surface area contributed by atoms with E-state index in [9.17, 15) is 9.59 Å². The highest BCUT2D eigenvalue weighted by Gasteiger charge is 2.57. The summed E-state index contributed by atoms with van der Waals surface area (Å²) < 4.78 is 11.8. The molecule has 2 saturated heterocycles. The first kappa shape index (κ1) is 20.7. The van der Waals surface area contributed by atoms with E-state index in [0.29, 0.717) is 43.9 Å². The van der Waals surface area contributed by atoms with Crippen molar-refractivity contribution in [3.8, 4) is 11.1 Å². The first-order valence-electron chi connectivity index (χ1n) is 10.9. The number of amides is 1. The number of carbonyl (C=O) groups excluding carboxylic acids is 2. The molecule has 2 heterocycles. The van der Waals surface area contributed by atoms with E-state index in [1.807, 2.05) is 49.4 Å². The molecule has 1 amide bonds. The Morgan fingerprint density at radius 2 is 1.58 bits per heavy atom. The minimum atomic E-state index is -0.820. The SMILES string of the molecule is Cc1ccc(-c2ccc(Cl)cc2)cc1C1C(=O)NC2(CCC3(CC2)OCCCO3)C1=O. The van der Waals surface area contributed by atoms with Gasteiger partial charge in [0.15, 0.2) is 11.6 Å². The maximum Gasteiger partial charge on any atom is 0.235 e. The zero-order valence-corrected chi connectivity index (χ0v) is 18.3. The molecule has 1 unspecified atom stereocenters. The van der Waals surface area contributed by atoms with Crippen molar-refractivity contribution in [1.29, 1.82) is 0 Å². The number of rotatable bonds is 2. The molecule has 1 saturated carbocycles. The molecule has 0 aromatic heterocycles. The Balaban J connectivity index is 1.42. The lowest BCUT2D eigenvalue weighted by Gasteiger charge is -2.45. The van der Waals surface area contributed by atoms with Gasteiger partial charge in [-0.3, -0.25) is 9.59 Å². The lowest BCUT2D eigenvalue weighted by Crippen LogP contribution is -2.55. The summed E-state index contributed by atoms with van der Waals surface area (Å²) >= 11 is 6.02. The monoisotopic (exact) mass is 439 g/mol. The normalized spacial score (nSPS) is 24.5. The molecule has 0 radical (unpaired) electrons. The fraction of sp³-hybridized carbons (Fsp3) is 0.440. The van der Waals surface area contributed by atoms with Crippen LogP contribution in [0, 0.1) is 6.92 Å². The van der Waals surface area contributed by atoms with Crippen LogP contribution in [-0.2, 0) is 19.1 Å². The molecular formula is C25H26ClNO4. The average molecular weight is 440 g/mol. The van der Waals surface area contributed by atoms with Gasteiger partial charge in [0.25, 0.3) is 0 Å². The highest BCUT2D eigenvalue weighted by atomic mass is 35.5. The largest absolute Gasteiger partial charge is 0.350 e. The first-order chi connectivity index (χ1) is 14.9. The Morgan fingerprint density at radius 3 is 2.26 bits per heavy atom. The standard InChI is InChI=1S/C25H26ClNO4/c1-16-3-4-18(17-5-7-19(26)8-6-17)15-20(16)21-22(28)24(27-23(21)29)9-11-25(12-10-24)30-13-2-14-31-25/h3-8,15,21H,2,9-14H2,1H3,(H,27,29). The molecule has 31 heavy (non-hydrogen) atoms. The molecule has 2 spiro atoms. The van der Waals surface area contributed by atoms with Gasteiger partial charge < -0.3 is 14.8 Å². The number of carbonyl (C=O) groups is 2. The molecule has 2 aliphatic heterocycles. The Morgan fingerprint density at radius 1 is 0.935 bits per heavy atom. The Labute approximate surface area is 187 Å². The van der Waals surface area contributed by atoms with Gasteiger partial charge in [-0.25, -0.2) is 0 Å². The van der Waals surface area contributed by atoms with E-state index in [2.05, 4.69) is 5.32 Å². The Hall–Kier alpha value is -2.21. The molecule has 3 fully saturated rings. The van der Waals surface area contributed by atoms with Crippen LogP contribution in [0.15, 0.2) is 42.5 Å². The minimum Gasteiger partial charge on any atom is -0.350 e. The summed E-state index contributed by atoms with van der Waals surface area (Å²) in [5, 5.41) is 3.74.